The van der Waals surface area contributed by atoms with E-state index in [1.54, 1.807) is 46.3 Å². The molecule has 0 spiro atoms. The van der Waals surface area contributed by atoms with Crippen LogP contribution in [0.25, 0.3) is 0 Å². The summed E-state index contributed by atoms with van der Waals surface area (Å²) in [6.45, 7) is 3.61. The fourth-order valence-corrected chi connectivity index (χ4v) is 1.04. The molecule has 1 radical (unpaired) electrons. The Morgan fingerprint density at radius 3 is 2.12 bits per heavy atom. The van der Waals surface area contributed by atoms with Crippen molar-refractivity contribution in [1.82, 2.24) is 0 Å². The zero-order valence-corrected chi connectivity index (χ0v) is 10.0. The minimum absolute atomic E-state index is 0.331. The molecular formula is C12H17O4. The molecule has 0 amide bonds. The van der Waals surface area contributed by atoms with Gasteiger partial charge in [0.15, 0.2) is 24.1 Å². The average molecular weight is 225 g/mol. The van der Waals surface area contributed by atoms with E-state index in [0.29, 0.717) is 11.5 Å². The summed E-state index contributed by atoms with van der Waals surface area (Å²) in [5.74, 6) is 1.19. The first-order valence-electron chi connectivity index (χ1n) is 5.06. The summed E-state index contributed by atoms with van der Waals surface area (Å²) >= 11 is 0. The molecule has 1 rings (SSSR count). The van der Waals surface area contributed by atoms with E-state index in [9.17, 15) is 0 Å². The van der Waals surface area contributed by atoms with Gasteiger partial charge in [-0.1, -0.05) is 6.07 Å². The van der Waals surface area contributed by atoms with Crippen LogP contribution in [0.15, 0.2) is 18.2 Å². The van der Waals surface area contributed by atoms with E-state index in [1.807, 2.05) is 0 Å². The van der Waals surface area contributed by atoms with Crippen molar-refractivity contribution < 1.29 is 18.9 Å². The van der Waals surface area contributed by atoms with E-state index < -0.39 is 0 Å². The van der Waals surface area contributed by atoms with Crippen LogP contribution in [0.5, 0.6) is 11.5 Å². The van der Waals surface area contributed by atoms with Gasteiger partial charge in [-0.2, -0.15) is 0 Å². The van der Waals surface area contributed by atoms with E-state index in [2.05, 4.69) is 6.07 Å². The van der Waals surface area contributed by atoms with Crippen molar-refractivity contribution in [2.45, 2.75) is 26.4 Å². The number of ether oxygens (including phenoxy) is 4. The Balaban J connectivity index is 2.75. The van der Waals surface area contributed by atoms with Gasteiger partial charge in [-0.25, -0.2) is 0 Å². The largest absolute Gasteiger partial charge is 0.461 e. The summed E-state index contributed by atoms with van der Waals surface area (Å²) < 4.78 is 21.1. The van der Waals surface area contributed by atoms with Gasteiger partial charge in [0.25, 0.3) is 0 Å². The van der Waals surface area contributed by atoms with Crippen molar-refractivity contribution in [2.24, 2.45) is 0 Å². The van der Waals surface area contributed by atoms with Gasteiger partial charge in [-0.3, -0.25) is 0 Å². The Morgan fingerprint density at radius 2 is 1.56 bits per heavy atom. The zero-order chi connectivity index (χ0) is 12.0. The third-order valence-electron chi connectivity index (χ3n) is 2.04. The van der Waals surface area contributed by atoms with Gasteiger partial charge in [0.2, 0.25) is 0 Å². The molecule has 0 bridgehead atoms. The molecule has 0 aliphatic carbocycles. The van der Waals surface area contributed by atoms with Crippen LogP contribution >= 0.6 is 0 Å². The Hall–Kier alpha value is -1.26. The van der Waals surface area contributed by atoms with Crippen molar-refractivity contribution in [1.29, 1.82) is 0 Å². The van der Waals surface area contributed by atoms with Gasteiger partial charge in [0.1, 0.15) is 0 Å². The molecule has 0 aromatic heterocycles. The first kappa shape index (κ1) is 12.8. The Morgan fingerprint density at radius 1 is 1.00 bits per heavy atom. The quantitative estimate of drug-likeness (QED) is 0.696. The molecule has 0 fully saturated rings. The number of hydrogen-bond acceptors (Lipinski definition) is 4. The second kappa shape index (κ2) is 6.35. The Kier molecular flexibility index (Phi) is 5.08. The predicted molar refractivity (Wildman–Crippen MR) is 59.5 cm³/mol. The van der Waals surface area contributed by atoms with Crippen LogP contribution in [0.3, 0.4) is 0 Å². The topological polar surface area (TPSA) is 36.9 Å². The summed E-state index contributed by atoms with van der Waals surface area (Å²) in [5, 5.41) is 0. The second-order valence-electron chi connectivity index (χ2n) is 3.22. The van der Waals surface area contributed by atoms with Crippen LogP contribution in [0.4, 0.5) is 0 Å². The molecule has 1 aromatic rings. The molecule has 4 nitrogen and oxygen atoms in total. The highest BCUT2D eigenvalue weighted by Gasteiger charge is 2.10. The molecule has 89 valence electrons. The smallest absolute Gasteiger partial charge is 0.196 e. The molecule has 0 aliphatic heterocycles. The summed E-state index contributed by atoms with van der Waals surface area (Å²) in [7, 11) is 3.16. The maximum atomic E-state index is 5.52. The van der Waals surface area contributed by atoms with Gasteiger partial charge in [0, 0.05) is 14.2 Å². The lowest BCUT2D eigenvalue weighted by atomic mass is 10.3. The highest BCUT2D eigenvalue weighted by atomic mass is 16.7. The van der Waals surface area contributed by atoms with E-state index in [4.69, 9.17) is 18.9 Å². The third-order valence-corrected chi connectivity index (χ3v) is 2.04. The summed E-state index contributed by atoms with van der Waals surface area (Å²) in [5.41, 5.74) is 0. The maximum absolute atomic E-state index is 5.52. The van der Waals surface area contributed by atoms with Crippen LogP contribution < -0.4 is 9.47 Å². The Labute approximate surface area is 96.1 Å². The highest BCUT2D eigenvalue weighted by Crippen LogP contribution is 2.28. The van der Waals surface area contributed by atoms with Gasteiger partial charge in [0.05, 0.1) is 0 Å². The average Bonchev–Trinajstić information content (AvgIpc) is 2.31. The van der Waals surface area contributed by atoms with Crippen LogP contribution in [0.1, 0.15) is 13.8 Å². The molecule has 0 heterocycles. The molecule has 0 N–H and O–H groups in total. The lowest BCUT2D eigenvalue weighted by Gasteiger charge is -2.18. The van der Waals surface area contributed by atoms with Gasteiger partial charge in [-0.05, 0) is 32.0 Å². The summed E-state index contributed by atoms with van der Waals surface area (Å²) in [6, 6.07) is 8.15. The summed E-state index contributed by atoms with van der Waals surface area (Å²) in [6.07, 6.45) is -0.668. The number of methoxy groups -OCH3 is 2. The van der Waals surface area contributed by atoms with Crippen LogP contribution in [-0.2, 0) is 9.47 Å². The molecule has 4 heteroatoms. The van der Waals surface area contributed by atoms with E-state index in [1.165, 1.54) is 0 Å². The first-order chi connectivity index (χ1) is 7.67. The van der Waals surface area contributed by atoms with Gasteiger partial charge in [-0.15, -0.1) is 0 Å². The SMILES string of the molecule is COC(C)Oc1c[c]ccc1OC(C)OC. The molecule has 0 aliphatic rings. The minimum atomic E-state index is -0.337. The molecule has 2 unspecified atom stereocenters. The van der Waals surface area contributed by atoms with Crippen molar-refractivity contribution in [2.75, 3.05) is 14.2 Å². The van der Waals surface area contributed by atoms with Crippen molar-refractivity contribution >= 4 is 0 Å². The summed E-state index contributed by atoms with van der Waals surface area (Å²) in [4.78, 5) is 0. The minimum Gasteiger partial charge on any atom is -0.461 e. The van der Waals surface area contributed by atoms with Crippen molar-refractivity contribution in [3.63, 3.8) is 0 Å². The monoisotopic (exact) mass is 225 g/mol. The van der Waals surface area contributed by atoms with Gasteiger partial charge < -0.3 is 18.9 Å². The zero-order valence-electron chi connectivity index (χ0n) is 10.0. The van der Waals surface area contributed by atoms with E-state index >= 15 is 0 Å². The van der Waals surface area contributed by atoms with Crippen LogP contribution in [0, 0.1) is 6.07 Å². The third kappa shape index (κ3) is 3.72. The lowest BCUT2D eigenvalue weighted by Crippen LogP contribution is -2.17. The van der Waals surface area contributed by atoms with Crippen LogP contribution in [0.2, 0.25) is 0 Å². The maximum Gasteiger partial charge on any atom is 0.196 e. The normalized spacial score (nSPS) is 14.2. The number of benzene rings is 1. The molecule has 1 aromatic carbocycles. The van der Waals surface area contributed by atoms with Crippen molar-refractivity contribution in [3.05, 3.63) is 24.3 Å². The fourth-order valence-electron chi connectivity index (χ4n) is 1.04. The number of rotatable bonds is 6. The van der Waals surface area contributed by atoms with Crippen molar-refractivity contribution in [3.8, 4) is 11.5 Å². The Bertz CT molecular complexity index is 283. The first-order valence-corrected chi connectivity index (χ1v) is 5.06. The highest BCUT2D eigenvalue weighted by molar-refractivity contribution is 5.39. The number of hydrogen-bond donors (Lipinski definition) is 0. The fraction of sp³-hybridized carbons (Fsp3) is 0.500. The predicted octanol–water partition coefficient (Wildman–Crippen LogP) is 2.23. The molecule has 0 saturated heterocycles. The van der Waals surface area contributed by atoms with Crippen LogP contribution in [-0.4, -0.2) is 26.8 Å². The van der Waals surface area contributed by atoms with E-state index in [0.717, 1.165) is 0 Å². The molecule has 0 saturated carbocycles. The lowest BCUT2D eigenvalue weighted by molar-refractivity contribution is -0.0553. The van der Waals surface area contributed by atoms with E-state index in [-0.39, 0.29) is 12.6 Å². The molecular weight excluding hydrogens is 208 g/mol. The second-order valence-corrected chi connectivity index (χ2v) is 3.22. The molecule has 2 atom stereocenters. The van der Waals surface area contributed by atoms with Gasteiger partial charge >= 0.3 is 0 Å². The standard InChI is InChI=1S/C12H17O4/c1-9(13-3)15-11-7-5-6-8-12(11)16-10(2)14-4/h5,7-10H,1-4H3. The molecule has 16 heavy (non-hydrogen) atoms.